The summed E-state index contributed by atoms with van der Waals surface area (Å²) in [5, 5.41) is 3.04. The molecule has 0 bridgehead atoms. The van der Waals surface area contributed by atoms with Crippen LogP contribution in [0.1, 0.15) is 49.5 Å². The highest BCUT2D eigenvalue weighted by Crippen LogP contribution is 2.20. The number of hydrogen-bond acceptors (Lipinski definition) is 4. The summed E-state index contributed by atoms with van der Waals surface area (Å²) >= 11 is 0. The van der Waals surface area contributed by atoms with Crippen molar-refractivity contribution in [3.05, 3.63) is 59.7 Å². The molecule has 1 amide bonds. The molecule has 1 heterocycles. The number of ketones is 1. The summed E-state index contributed by atoms with van der Waals surface area (Å²) < 4.78 is 0. The van der Waals surface area contributed by atoms with E-state index in [1.807, 2.05) is 43.3 Å². The summed E-state index contributed by atoms with van der Waals surface area (Å²) in [5.41, 5.74) is 3.97. The SMILES string of the molecule is CC(=O)c1ccc(N2CCN([C@H](C)C(=O)Nc3ccc(C(C)C)cc3)CC2)cc1. The van der Waals surface area contributed by atoms with Gasteiger partial charge in [-0.15, -0.1) is 0 Å². The second-order valence-electron chi connectivity index (χ2n) is 8.07. The molecule has 3 rings (SSSR count). The quantitative estimate of drug-likeness (QED) is 0.749. The highest BCUT2D eigenvalue weighted by atomic mass is 16.2. The maximum absolute atomic E-state index is 12.7. The molecule has 29 heavy (non-hydrogen) atoms. The molecule has 2 aromatic rings. The van der Waals surface area contributed by atoms with Crippen molar-refractivity contribution in [1.29, 1.82) is 0 Å². The fourth-order valence-corrected chi connectivity index (χ4v) is 3.64. The Kier molecular flexibility index (Phi) is 6.70. The van der Waals surface area contributed by atoms with Crippen LogP contribution in [0.2, 0.25) is 0 Å². The van der Waals surface area contributed by atoms with Crippen molar-refractivity contribution in [2.24, 2.45) is 0 Å². The molecular formula is C24H31N3O2. The molecule has 1 N–H and O–H groups in total. The van der Waals surface area contributed by atoms with Gasteiger partial charge < -0.3 is 10.2 Å². The van der Waals surface area contributed by atoms with Crippen LogP contribution < -0.4 is 10.2 Å². The molecular weight excluding hydrogens is 362 g/mol. The van der Waals surface area contributed by atoms with Gasteiger partial charge in [0, 0.05) is 43.1 Å². The normalized spacial score (nSPS) is 16.0. The maximum atomic E-state index is 12.7. The average Bonchev–Trinajstić information content (AvgIpc) is 2.73. The monoisotopic (exact) mass is 393 g/mol. The first-order valence-electron chi connectivity index (χ1n) is 10.4. The van der Waals surface area contributed by atoms with Gasteiger partial charge in [-0.1, -0.05) is 26.0 Å². The van der Waals surface area contributed by atoms with Gasteiger partial charge in [-0.25, -0.2) is 0 Å². The van der Waals surface area contributed by atoms with E-state index < -0.39 is 0 Å². The number of carbonyl (C=O) groups excluding carboxylic acids is 2. The first kappa shape index (κ1) is 21.1. The number of nitrogens with zero attached hydrogens (tertiary/aromatic N) is 2. The molecule has 1 aliphatic rings. The summed E-state index contributed by atoms with van der Waals surface area (Å²) in [7, 11) is 0. The number of amides is 1. The lowest BCUT2D eigenvalue weighted by Gasteiger charge is -2.38. The summed E-state index contributed by atoms with van der Waals surface area (Å²) in [5.74, 6) is 0.593. The number of hydrogen-bond donors (Lipinski definition) is 1. The molecule has 1 fully saturated rings. The number of Topliss-reactive ketones (excluding diaryl/α,β-unsaturated/α-hetero) is 1. The molecule has 1 atom stereocenters. The molecule has 1 saturated heterocycles. The van der Waals surface area contributed by atoms with Crippen LogP contribution in [-0.2, 0) is 4.79 Å². The van der Waals surface area contributed by atoms with Crippen molar-refractivity contribution in [3.63, 3.8) is 0 Å². The van der Waals surface area contributed by atoms with E-state index in [-0.39, 0.29) is 17.7 Å². The summed E-state index contributed by atoms with van der Waals surface area (Å²) in [4.78, 5) is 28.6. The molecule has 5 heteroatoms. The molecule has 0 aromatic heterocycles. The van der Waals surface area contributed by atoms with Gasteiger partial charge in [-0.3, -0.25) is 14.5 Å². The minimum atomic E-state index is -0.179. The minimum absolute atomic E-state index is 0.0292. The van der Waals surface area contributed by atoms with Gasteiger partial charge in [0.15, 0.2) is 5.78 Å². The van der Waals surface area contributed by atoms with Crippen LogP contribution in [0.3, 0.4) is 0 Å². The fraction of sp³-hybridized carbons (Fsp3) is 0.417. The van der Waals surface area contributed by atoms with E-state index >= 15 is 0 Å². The van der Waals surface area contributed by atoms with Gasteiger partial charge in [0.2, 0.25) is 5.91 Å². The predicted molar refractivity (Wildman–Crippen MR) is 119 cm³/mol. The fourth-order valence-electron chi connectivity index (χ4n) is 3.64. The third kappa shape index (κ3) is 5.24. The predicted octanol–water partition coefficient (Wildman–Crippen LogP) is 4.16. The Morgan fingerprint density at radius 3 is 1.97 bits per heavy atom. The largest absolute Gasteiger partial charge is 0.369 e. The van der Waals surface area contributed by atoms with Gasteiger partial charge in [-0.2, -0.15) is 0 Å². The third-order valence-electron chi connectivity index (χ3n) is 5.73. The van der Waals surface area contributed by atoms with Crippen LogP contribution in [0.5, 0.6) is 0 Å². The number of benzene rings is 2. The standard InChI is InChI=1S/C24H31N3O2/c1-17(2)20-5-9-22(10-6-20)25-24(29)18(3)26-13-15-27(16-14-26)23-11-7-21(8-12-23)19(4)28/h5-12,17-18H,13-16H2,1-4H3,(H,25,29)/t18-/m1/s1. The molecule has 0 aliphatic carbocycles. The van der Waals surface area contributed by atoms with Crippen LogP contribution in [0.25, 0.3) is 0 Å². The van der Waals surface area contributed by atoms with Gasteiger partial charge in [0.1, 0.15) is 0 Å². The second-order valence-corrected chi connectivity index (χ2v) is 8.07. The summed E-state index contributed by atoms with van der Waals surface area (Å²) in [6.45, 7) is 11.2. The van der Waals surface area contributed by atoms with Crippen LogP contribution in [0.15, 0.2) is 48.5 Å². The number of nitrogens with one attached hydrogen (secondary N) is 1. The first-order chi connectivity index (χ1) is 13.8. The van der Waals surface area contributed by atoms with E-state index in [0.29, 0.717) is 5.92 Å². The van der Waals surface area contributed by atoms with Crippen molar-refractivity contribution >= 4 is 23.1 Å². The number of anilines is 2. The summed E-state index contributed by atoms with van der Waals surface area (Å²) in [6, 6.07) is 15.7. The smallest absolute Gasteiger partial charge is 0.241 e. The van der Waals surface area contributed by atoms with Crippen molar-refractivity contribution in [2.75, 3.05) is 36.4 Å². The Morgan fingerprint density at radius 1 is 0.862 bits per heavy atom. The maximum Gasteiger partial charge on any atom is 0.241 e. The van der Waals surface area contributed by atoms with E-state index in [0.717, 1.165) is 43.1 Å². The number of carbonyl (C=O) groups is 2. The zero-order chi connectivity index (χ0) is 21.0. The Balaban J connectivity index is 1.53. The molecule has 0 unspecified atom stereocenters. The Labute approximate surface area is 173 Å². The molecule has 154 valence electrons. The van der Waals surface area contributed by atoms with Crippen molar-refractivity contribution in [2.45, 2.75) is 39.7 Å². The molecule has 0 radical (unpaired) electrons. The summed E-state index contributed by atoms with van der Waals surface area (Å²) in [6.07, 6.45) is 0. The van der Waals surface area contributed by atoms with E-state index in [2.05, 4.69) is 41.1 Å². The first-order valence-corrected chi connectivity index (χ1v) is 10.4. The molecule has 2 aromatic carbocycles. The van der Waals surface area contributed by atoms with Crippen molar-refractivity contribution in [3.8, 4) is 0 Å². The molecule has 0 spiro atoms. The van der Waals surface area contributed by atoms with Crippen molar-refractivity contribution < 1.29 is 9.59 Å². The minimum Gasteiger partial charge on any atom is -0.369 e. The van der Waals surface area contributed by atoms with Crippen LogP contribution in [0, 0.1) is 0 Å². The van der Waals surface area contributed by atoms with Gasteiger partial charge in [0.25, 0.3) is 0 Å². The molecule has 0 saturated carbocycles. The highest BCUT2D eigenvalue weighted by molar-refractivity contribution is 5.95. The van der Waals surface area contributed by atoms with E-state index in [4.69, 9.17) is 0 Å². The van der Waals surface area contributed by atoms with Gasteiger partial charge in [-0.05, 0) is 61.7 Å². The van der Waals surface area contributed by atoms with E-state index in [1.165, 1.54) is 5.56 Å². The highest BCUT2D eigenvalue weighted by Gasteiger charge is 2.25. The number of rotatable bonds is 6. The Hall–Kier alpha value is -2.66. The lowest BCUT2D eigenvalue weighted by atomic mass is 10.0. The lowest BCUT2D eigenvalue weighted by molar-refractivity contribution is -0.120. The second kappa shape index (κ2) is 9.23. The van der Waals surface area contributed by atoms with E-state index in [1.54, 1.807) is 6.92 Å². The Bertz CT molecular complexity index is 835. The molecule has 1 aliphatic heterocycles. The number of piperazine rings is 1. The van der Waals surface area contributed by atoms with Crippen molar-refractivity contribution in [1.82, 2.24) is 4.90 Å². The third-order valence-corrected chi connectivity index (χ3v) is 5.73. The zero-order valence-electron chi connectivity index (χ0n) is 17.8. The average molecular weight is 394 g/mol. The lowest BCUT2D eigenvalue weighted by Crippen LogP contribution is -2.52. The molecule has 5 nitrogen and oxygen atoms in total. The van der Waals surface area contributed by atoms with Crippen LogP contribution in [-0.4, -0.2) is 48.8 Å². The Morgan fingerprint density at radius 2 is 1.45 bits per heavy atom. The van der Waals surface area contributed by atoms with Crippen LogP contribution >= 0.6 is 0 Å². The van der Waals surface area contributed by atoms with Gasteiger partial charge in [0.05, 0.1) is 6.04 Å². The zero-order valence-corrected chi connectivity index (χ0v) is 17.8. The van der Waals surface area contributed by atoms with Crippen LogP contribution in [0.4, 0.5) is 11.4 Å². The van der Waals surface area contributed by atoms with Gasteiger partial charge >= 0.3 is 0 Å². The topological polar surface area (TPSA) is 52.7 Å². The van der Waals surface area contributed by atoms with E-state index in [9.17, 15) is 9.59 Å².